The van der Waals surface area contributed by atoms with Crippen LogP contribution in [0.2, 0.25) is 0 Å². The number of carbonyl (C=O) groups excluding carboxylic acids is 1. The molecule has 0 aliphatic heterocycles. The minimum absolute atomic E-state index is 0.0239. The van der Waals surface area contributed by atoms with Gasteiger partial charge in [0.15, 0.2) is 0 Å². The number of halogens is 1. The van der Waals surface area contributed by atoms with Crippen molar-refractivity contribution in [2.45, 2.75) is 0 Å². The molecule has 2 N–H and O–H groups in total. The van der Waals surface area contributed by atoms with Gasteiger partial charge in [0.2, 0.25) is 0 Å². The zero-order chi connectivity index (χ0) is 11.8. The standard InChI is InChI=1S/C10H15BrN2O2S/c1-15-5-4-12-2-3-13-10(14)9-6-8(11)7-16-9/h6-7,12H,2-5H2,1H3,(H,13,14). The predicted molar refractivity (Wildman–Crippen MR) is 69.1 cm³/mol. The number of methoxy groups -OCH3 is 1. The molecule has 0 unspecified atom stereocenters. The SMILES string of the molecule is COCCNCCNC(=O)c1cc(Br)cs1. The maximum Gasteiger partial charge on any atom is 0.261 e. The molecule has 4 nitrogen and oxygen atoms in total. The Morgan fingerprint density at radius 2 is 2.31 bits per heavy atom. The Hall–Kier alpha value is -0.430. The fraction of sp³-hybridized carbons (Fsp3) is 0.500. The van der Waals surface area contributed by atoms with Crippen LogP contribution in [0.15, 0.2) is 15.9 Å². The van der Waals surface area contributed by atoms with Gasteiger partial charge in [0.05, 0.1) is 11.5 Å². The lowest BCUT2D eigenvalue weighted by Crippen LogP contribution is -2.32. The second-order valence-electron chi connectivity index (χ2n) is 3.13. The molecule has 0 aliphatic rings. The van der Waals surface area contributed by atoms with E-state index in [-0.39, 0.29) is 5.91 Å². The Balaban J connectivity index is 2.11. The van der Waals surface area contributed by atoms with Gasteiger partial charge in [0, 0.05) is 36.6 Å². The molecule has 0 fully saturated rings. The van der Waals surface area contributed by atoms with Gasteiger partial charge in [-0.3, -0.25) is 4.79 Å². The van der Waals surface area contributed by atoms with Gasteiger partial charge in [0.25, 0.3) is 5.91 Å². The third-order valence-electron chi connectivity index (χ3n) is 1.86. The van der Waals surface area contributed by atoms with Crippen LogP contribution in [0.3, 0.4) is 0 Å². The van der Waals surface area contributed by atoms with E-state index in [0.29, 0.717) is 13.2 Å². The van der Waals surface area contributed by atoms with Crippen molar-refractivity contribution < 1.29 is 9.53 Å². The van der Waals surface area contributed by atoms with Crippen molar-refractivity contribution in [3.05, 3.63) is 20.8 Å². The molecular formula is C10H15BrN2O2S. The lowest BCUT2D eigenvalue weighted by molar-refractivity contribution is 0.0957. The number of carbonyl (C=O) groups is 1. The molecule has 0 aliphatic carbocycles. The number of hydrogen-bond donors (Lipinski definition) is 2. The summed E-state index contributed by atoms with van der Waals surface area (Å²) in [6.45, 7) is 2.86. The van der Waals surface area contributed by atoms with Crippen molar-refractivity contribution in [1.29, 1.82) is 0 Å². The van der Waals surface area contributed by atoms with Crippen molar-refractivity contribution in [2.24, 2.45) is 0 Å². The Bertz CT molecular complexity index is 330. The molecule has 0 radical (unpaired) electrons. The molecular weight excluding hydrogens is 292 g/mol. The van der Waals surface area contributed by atoms with Crippen LogP contribution >= 0.6 is 27.3 Å². The lowest BCUT2D eigenvalue weighted by Gasteiger charge is -2.05. The maximum atomic E-state index is 11.6. The van der Waals surface area contributed by atoms with E-state index >= 15 is 0 Å². The van der Waals surface area contributed by atoms with E-state index in [1.54, 1.807) is 7.11 Å². The Morgan fingerprint density at radius 3 is 2.94 bits per heavy atom. The molecule has 1 rings (SSSR count). The first-order valence-corrected chi connectivity index (χ1v) is 6.63. The van der Waals surface area contributed by atoms with E-state index in [9.17, 15) is 4.79 Å². The molecule has 1 aromatic rings. The number of thiophene rings is 1. The van der Waals surface area contributed by atoms with Gasteiger partial charge in [-0.15, -0.1) is 11.3 Å². The number of rotatable bonds is 7. The van der Waals surface area contributed by atoms with Crippen LogP contribution in [0.1, 0.15) is 9.67 Å². The van der Waals surface area contributed by atoms with Crippen molar-refractivity contribution in [1.82, 2.24) is 10.6 Å². The van der Waals surface area contributed by atoms with Gasteiger partial charge in [-0.05, 0) is 22.0 Å². The molecule has 0 aromatic carbocycles. The van der Waals surface area contributed by atoms with Crippen LogP contribution in [0.4, 0.5) is 0 Å². The van der Waals surface area contributed by atoms with Crippen molar-refractivity contribution in [2.75, 3.05) is 33.4 Å². The third kappa shape index (κ3) is 5.07. The van der Waals surface area contributed by atoms with Crippen LogP contribution in [0.5, 0.6) is 0 Å². The van der Waals surface area contributed by atoms with Crippen LogP contribution in [-0.4, -0.2) is 39.3 Å². The number of nitrogens with one attached hydrogen (secondary N) is 2. The summed E-state index contributed by atoms with van der Waals surface area (Å²) in [6.07, 6.45) is 0. The van der Waals surface area contributed by atoms with E-state index in [4.69, 9.17) is 4.74 Å². The molecule has 90 valence electrons. The number of ether oxygens (including phenoxy) is 1. The topological polar surface area (TPSA) is 50.4 Å². The molecule has 1 aromatic heterocycles. The number of hydrogen-bond acceptors (Lipinski definition) is 4. The third-order valence-corrected chi connectivity index (χ3v) is 3.55. The van der Waals surface area contributed by atoms with Gasteiger partial charge in [-0.2, -0.15) is 0 Å². The average molecular weight is 307 g/mol. The zero-order valence-electron chi connectivity index (χ0n) is 9.09. The van der Waals surface area contributed by atoms with Gasteiger partial charge < -0.3 is 15.4 Å². The Morgan fingerprint density at radius 1 is 1.50 bits per heavy atom. The van der Waals surface area contributed by atoms with Crippen molar-refractivity contribution >= 4 is 33.2 Å². The summed E-state index contributed by atoms with van der Waals surface area (Å²) in [6, 6.07) is 1.82. The van der Waals surface area contributed by atoms with Gasteiger partial charge in [-0.1, -0.05) is 0 Å². The van der Waals surface area contributed by atoms with Gasteiger partial charge in [-0.25, -0.2) is 0 Å². The molecule has 16 heavy (non-hydrogen) atoms. The summed E-state index contributed by atoms with van der Waals surface area (Å²) in [5.41, 5.74) is 0. The molecule has 0 saturated heterocycles. The van der Waals surface area contributed by atoms with Crippen LogP contribution in [0, 0.1) is 0 Å². The summed E-state index contributed by atoms with van der Waals surface area (Å²) in [4.78, 5) is 12.3. The normalized spacial score (nSPS) is 10.4. The average Bonchev–Trinajstić information content (AvgIpc) is 2.70. The van der Waals surface area contributed by atoms with E-state index < -0.39 is 0 Å². The summed E-state index contributed by atoms with van der Waals surface area (Å²) >= 11 is 4.75. The highest BCUT2D eigenvalue weighted by Gasteiger charge is 2.06. The molecule has 1 heterocycles. The van der Waals surface area contributed by atoms with E-state index in [1.165, 1.54) is 11.3 Å². The van der Waals surface area contributed by atoms with Crippen molar-refractivity contribution in [3.8, 4) is 0 Å². The second-order valence-corrected chi connectivity index (χ2v) is 4.95. The first-order valence-electron chi connectivity index (χ1n) is 4.96. The van der Waals surface area contributed by atoms with Crippen LogP contribution < -0.4 is 10.6 Å². The highest BCUT2D eigenvalue weighted by atomic mass is 79.9. The fourth-order valence-corrected chi connectivity index (χ4v) is 2.43. The maximum absolute atomic E-state index is 11.6. The molecule has 0 atom stereocenters. The monoisotopic (exact) mass is 306 g/mol. The first-order chi connectivity index (χ1) is 7.74. The number of amides is 1. The smallest absolute Gasteiger partial charge is 0.261 e. The largest absolute Gasteiger partial charge is 0.383 e. The summed E-state index contributed by atoms with van der Waals surface area (Å²) < 4.78 is 5.83. The molecule has 0 saturated carbocycles. The van der Waals surface area contributed by atoms with E-state index in [1.807, 2.05) is 11.4 Å². The van der Waals surface area contributed by atoms with Crippen LogP contribution in [-0.2, 0) is 4.74 Å². The summed E-state index contributed by atoms with van der Waals surface area (Å²) in [5.74, 6) is -0.0239. The first kappa shape index (κ1) is 13.6. The summed E-state index contributed by atoms with van der Waals surface area (Å²) in [5, 5.41) is 7.88. The Labute approximate surface area is 108 Å². The zero-order valence-corrected chi connectivity index (χ0v) is 11.5. The molecule has 0 spiro atoms. The second kappa shape index (κ2) is 7.78. The van der Waals surface area contributed by atoms with Gasteiger partial charge >= 0.3 is 0 Å². The Kier molecular flexibility index (Phi) is 6.63. The van der Waals surface area contributed by atoms with E-state index in [2.05, 4.69) is 26.6 Å². The highest BCUT2D eigenvalue weighted by molar-refractivity contribution is 9.10. The summed E-state index contributed by atoms with van der Waals surface area (Å²) in [7, 11) is 1.66. The van der Waals surface area contributed by atoms with Crippen LogP contribution in [0.25, 0.3) is 0 Å². The quantitative estimate of drug-likeness (QED) is 0.750. The predicted octanol–water partition coefficient (Wildman–Crippen LogP) is 1.48. The lowest BCUT2D eigenvalue weighted by atomic mass is 10.4. The molecule has 0 bridgehead atoms. The fourth-order valence-electron chi connectivity index (χ4n) is 1.08. The van der Waals surface area contributed by atoms with Gasteiger partial charge in [0.1, 0.15) is 0 Å². The minimum atomic E-state index is -0.0239. The molecule has 1 amide bonds. The highest BCUT2D eigenvalue weighted by Crippen LogP contribution is 2.19. The minimum Gasteiger partial charge on any atom is -0.383 e. The van der Waals surface area contributed by atoms with E-state index in [0.717, 1.165) is 22.4 Å². The molecule has 6 heteroatoms. The van der Waals surface area contributed by atoms with Crippen molar-refractivity contribution in [3.63, 3.8) is 0 Å².